The van der Waals surface area contributed by atoms with Crippen LogP contribution in [0.3, 0.4) is 0 Å². The number of carbonyl (C=O) groups is 1. The Morgan fingerprint density at radius 1 is 1.28 bits per heavy atom. The number of phenolic OH excluding ortho intramolecular Hbond substituents is 1. The molecule has 0 bridgehead atoms. The van der Waals surface area contributed by atoms with Gasteiger partial charge in [0.2, 0.25) is 10.0 Å². The molecule has 1 amide bonds. The Morgan fingerprint density at radius 2 is 1.93 bits per heavy atom. The van der Waals surface area contributed by atoms with Gasteiger partial charge in [0.1, 0.15) is 0 Å². The summed E-state index contributed by atoms with van der Waals surface area (Å²) in [6.45, 7) is 1.32. The fourth-order valence-corrected chi connectivity index (χ4v) is 3.35. The molecule has 12 heteroatoms. The quantitative estimate of drug-likeness (QED) is 0.326. The molecule has 1 atom stereocenters. The largest absolute Gasteiger partial charge is 0.504 e. The number of ether oxygens (including phenoxy) is 1. The Balaban J connectivity index is 1.99. The highest BCUT2D eigenvalue weighted by Gasteiger charge is 2.22. The first-order valence-corrected chi connectivity index (χ1v) is 9.59. The molecule has 3 N–H and O–H groups in total. The normalized spacial score (nSPS) is 12.5. The number of nitro benzene ring substituents is 1. The van der Waals surface area contributed by atoms with Crippen molar-refractivity contribution in [3.05, 3.63) is 58.1 Å². The molecular weight excluding hydrogens is 404 g/mol. The fraction of sp³-hybridized carbons (Fsp3) is 0.176. The molecule has 0 radical (unpaired) electrons. The van der Waals surface area contributed by atoms with Gasteiger partial charge in [-0.05, 0) is 42.8 Å². The molecule has 0 heterocycles. The highest BCUT2D eigenvalue weighted by Crippen LogP contribution is 2.25. The van der Waals surface area contributed by atoms with Gasteiger partial charge in [-0.3, -0.25) is 14.9 Å². The summed E-state index contributed by atoms with van der Waals surface area (Å²) in [5.74, 6) is -0.551. The van der Waals surface area contributed by atoms with Crippen LogP contribution in [-0.4, -0.2) is 43.7 Å². The highest BCUT2D eigenvalue weighted by molar-refractivity contribution is 7.89. The molecule has 0 aromatic heterocycles. The lowest BCUT2D eigenvalue weighted by Crippen LogP contribution is -2.43. The Kier molecular flexibility index (Phi) is 6.85. The third kappa shape index (κ3) is 5.73. The van der Waals surface area contributed by atoms with Crippen molar-refractivity contribution in [1.29, 1.82) is 0 Å². The first-order valence-electron chi connectivity index (χ1n) is 8.11. The second-order valence-corrected chi connectivity index (χ2v) is 7.47. The van der Waals surface area contributed by atoms with Crippen molar-refractivity contribution >= 4 is 27.8 Å². The van der Waals surface area contributed by atoms with Crippen LogP contribution in [0.5, 0.6) is 11.5 Å². The minimum atomic E-state index is -4.07. The van der Waals surface area contributed by atoms with Gasteiger partial charge < -0.3 is 9.84 Å². The second-order valence-electron chi connectivity index (χ2n) is 5.76. The first-order chi connectivity index (χ1) is 13.6. The minimum Gasteiger partial charge on any atom is -0.504 e. The molecule has 2 rings (SSSR count). The maximum absolute atomic E-state index is 12.3. The van der Waals surface area contributed by atoms with Crippen LogP contribution in [0.4, 0.5) is 5.69 Å². The Labute approximate surface area is 166 Å². The summed E-state index contributed by atoms with van der Waals surface area (Å²) >= 11 is 0. The van der Waals surface area contributed by atoms with Crippen molar-refractivity contribution in [1.82, 2.24) is 10.1 Å². The molecule has 154 valence electrons. The minimum absolute atomic E-state index is 0.0528. The standard InChI is InChI=1S/C17H18N4O7S/c1-11(20-29(26,27)14-6-4-13(5-7-14)21(24)25)17(23)19-18-10-12-3-8-15(22)16(9-12)28-2/h3-11,20,22H,1-2H3,(H,19,23)/b18-10-/t11-/m1/s1. The number of nitrogens with one attached hydrogen (secondary N) is 2. The van der Waals surface area contributed by atoms with Crippen molar-refractivity contribution in [3.8, 4) is 11.5 Å². The van der Waals surface area contributed by atoms with Gasteiger partial charge >= 0.3 is 0 Å². The molecule has 0 saturated heterocycles. The summed E-state index contributed by atoms with van der Waals surface area (Å²) in [4.78, 5) is 21.8. The van der Waals surface area contributed by atoms with Gasteiger partial charge in [-0.25, -0.2) is 13.8 Å². The number of phenols is 1. The summed E-state index contributed by atoms with van der Waals surface area (Å²) in [6, 6.07) is 7.50. The van der Waals surface area contributed by atoms with Crippen molar-refractivity contribution in [2.75, 3.05) is 7.11 Å². The molecule has 0 aliphatic heterocycles. The topological polar surface area (TPSA) is 160 Å². The van der Waals surface area contributed by atoms with E-state index < -0.39 is 26.9 Å². The summed E-state index contributed by atoms with van der Waals surface area (Å²) in [5.41, 5.74) is 2.46. The predicted molar refractivity (Wildman–Crippen MR) is 103 cm³/mol. The molecule has 29 heavy (non-hydrogen) atoms. The summed E-state index contributed by atoms with van der Waals surface area (Å²) in [6.07, 6.45) is 1.29. The van der Waals surface area contributed by atoms with E-state index >= 15 is 0 Å². The van der Waals surface area contributed by atoms with Crippen LogP contribution in [0.1, 0.15) is 12.5 Å². The number of non-ortho nitro benzene ring substituents is 1. The third-order valence-electron chi connectivity index (χ3n) is 3.68. The van der Waals surface area contributed by atoms with Crippen LogP contribution < -0.4 is 14.9 Å². The average molecular weight is 422 g/mol. The summed E-state index contributed by atoms with van der Waals surface area (Å²) < 4.78 is 31.7. The van der Waals surface area contributed by atoms with Gasteiger partial charge in [0, 0.05) is 12.1 Å². The van der Waals surface area contributed by atoms with Crippen LogP contribution >= 0.6 is 0 Å². The van der Waals surface area contributed by atoms with E-state index in [1.807, 2.05) is 0 Å². The van der Waals surface area contributed by atoms with Gasteiger partial charge in [0.25, 0.3) is 11.6 Å². The van der Waals surface area contributed by atoms with Gasteiger partial charge in [-0.2, -0.15) is 9.82 Å². The van der Waals surface area contributed by atoms with E-state index in [1.165, 1.54) is 38.4 Å². The van der Waals surface area contributed by atoms with Crippen LogP contribution in [0.15, 0.2) is 52.5 Å². The molecule has 0 unspecified atom stereocenters. The Morgan fingerprint density at radius 3 is 2.52 bits per heavy atom. The SMILES string of the molecule is COc1cc(/C=N\NC(=O)[C@@H](C)NS(=O)(=O)c2ccc([N+](=O)[O-])cc2)ccc1O. The van der Waals surface area contributed by atoms with Crippen LogP contribution in [0.25, 0.3) is 0 Å². The number of aromatic hydroxyl groups is 1. The van der Waals surface area contributed by atoms with Crippen molar-refractivity contribution < 1.29 is 28.0 Å². The van der Waals surface area contributed by atoms with Gasteiger partial charge in [-0.1, -0.05) is 0 Å². The number of benzene rings is 2. The Hall–Kier alpha value is -3.51. The number of rotatable bonds is 8. The zero-order chi connectivity index (χ0) is 21.6. The van der Waals surface area contributed by atoms with E-state index in [9.17, 15) is 28.4 Å². The number of hydrogen-bond donors (Lipinski definition) is 3. The lowest BCUT2D eigenvalue weighted by molar-refractivity contribution is -0.384. The number of methoxy groups -OCH3 is 1. The average Bonchev–Trinajstić information content (AvgIpc) is 2.68. The van der Waals surface area contributed by atoms with Gasteiger partial charge in [-0.15, -0.1) is 0 Å². The lowest BCUT2D eigenvalue weighted by atomic mass is 10.2. The predicted octanol–water partition coefficient (Wildman–Crippen LogP) is 1.13. The van der Waals surface area contributed by atoms with E-state index in [-0.39, 0.29) is 22.1 Å². The molecule has 2 aromatic carbocycles. The maximum atomic E-state index is 12.3. The van der Waals surface area contributed by atoms with Crippen molar-refractivity contribution in [3.63, 3.8) is 0 Å². The number of amides is 1. The number of carbonyl (C=O) groups excluding carboxylic acids is 1. The van der Waals surface area contributed by atoms with Gasteiger partial charge in [0.05, 0.1) is 29.2 Å². The molecule has 0 aliphatic carbocycles. The smallest absolute Gasteiger partial charge is 0.269 e. The highest BCUT2D eigenvalue weighted by atomic mass is 32.2. The molecular formula is C17H18N4O7S. The molecule has 2 aromatic rings. The second kappa shape index (κ2) is 9.12. The molecule has 0 fully saturated rings. The van der Waals surface area contributed by atoms with E-state index in [2.05, 4.69) is 15.2 Å². The maximum Gasteiger partial charge on any atom is 0.269 e. The first kappa shape index (κ1) is 21.8. The van der Waals surface area contributed by atoms with Gasteiger partial charge in [0.15, 0.2) is 11.5 Å². The van der Waals surface area contributed by atoms with Crippen LogP contribution in [0.2, 0.25) is 0 Å². The summed E-state index contributed by atoms with van der Waals surface area (Å²) in [5, 5.41) is 23.9. The third-order valence-corrected chi connectivity index (χ3v) is 5.23. The number of hydrogen-bond acceptors (Lipinski definition) is 8. The molecule has 0 spiro atoms. The number of sulfonamides is 1. The van der Waals surface area contributed by atoms with E-state index in [0.717, 1.165) is 24.3 Å². The van der Waals surface area contributed by atoms with Crippen molar-refractivity contribution in [2.24, 2.45) is 5.10 Å². The van der Waals surface area contributed by atoms with E-state index in [1.54, 1.807) is 0 Å². The lowest BCUT2D eigenvalue weighted by Gasteiger charge is -2.12. The molecule has 0 aliphatic rings. The number of nitrogens with zero attached hydrogens (tertiary/aromatic N) is 2. The number of hydrazone groups is 1. The van der Waals surface area contributed by atoms with E-state index in [4.69, 9.17) is 4.74 Å². The monoisotopic (exact) mass is 422 g/mol. The number of nitro groups is 1. The van der Waals surface area contributed by atoms with E-state index in [0.29, 0.717) is 5.56 Å². The fourth-order valence-electron chi connectivity index (χ4n) is 2.14. The summed E-state index contributed by atoms with van der Waals surface area (Å²) in [7, 11) is -2.68. The zero-order valence-corrected chi connectivity index (χ0v) is 16.2. The zero-order valence-electron chi connectivity index (χ0n) is 15.4. The van der Waals surface area contributed by atoms with Crippen molar-refractivity contribution in [2.45, 2.75) is 17.9 Å². The van der Waals surface area contributed by atoms with Crippen LogP contribution in [0, 0.1) is 10.1 Å². The Bertz CT molecular complexity index is 1040. The molecule has 0 saturated carbocycles. The molecule has 11 nitrogen and oxygen atoms in total. The van der Waals surface area contributed by atoms with Crippen LogP contribution in [-0.2, 0) is 14.8 Å².